The van der Waals surface area contributed by atoms with E-state index in [9.17, 15) is 9.59 Å². The molecule has 1 amide bonds. The largest absolute Gasteiger partial charge is 0.479 e. The molecule has 0 fully saturated rings. The molecule has 0 spiro atoms. The van der Waals surface area contributed by atoms with E-state index in [1.807, 2.05) is 6.92 Å². The number of nitrogens with one attached hydrogen (secondary N) is 1. The molecule has 0 aromatic carbocycles. The molecule has 94 valence electrons. The predicted molar refractivity (Wildman–Crippen MR) is 60.1 cm³/mol. The highest BCUT2D eigenvalue weighted by molar-refractivity contribution is 5.79. The van der Waals surface area contributed by atoms with Crippen LogP contribution in [0.5, 0.6) is 0 Å². The smallest absolute Gasteiger partial charge is 0.334 e. The fourth-order valence-corrected chi connectivity index (χ4v) is 1.28. The minimum atomic E-state index is -1.07. The van der Waals surface area contributed by atoms with Crippen LogP contribution in [0, 0.1) is 5.92 Å². The summed E-state index contributed by atoms with van der Waals surface area (Å²) in [5.41, 5.74) is 0. The zero-order chi connectivity index (χ0) is 12.6. The van der Waals surface area contributed by atoms with Gasteiger partial charge in [-0.25, -0.2) is 4.79 Å². The lowest BCUT2D eigenvalue weighted by atomic mass is 10.0. The monoisotopic (exact) mass is 231 g/mol. The predicted octanol–water partition coefficient (Wildman–Crippen LogP) is 1.03. The molecule has 0 aliphatic rings. The molecular formula is C11H21NO4. The van der Waals surface area contributed by atoms with Gasteiger partial charge in [-0.05, 0) is 6.42 Å². The lowest BCUT2D eigenvalue weighted by Gasteiger charge is -2.14. The molecular weight excluding hydrogens is 210 g/mol. The van der Waals surface area contributed by atoms with E-state index in [-0.39, 0.29) is 18.4 Å². The summed E-state index contributed by atoms with van der Waals surface area (Å²) in [5.74, 6) is -1.26. The van der Waals surface area contributed by atoms with E-state index in [4.69, 9.17) is 9.84 Å². The molecule has 0 rings (SSSR count). The molecule has 16 heavy (non-hydrogen) atoms. The summed E-state index contributed by atoms with van der Waals surface area (Å²) < 4.78 is 4.71. The van der Waals surface area contributed by atoms with Crippen LogP contribution in [0.25, 0.3) is 0 Å². The van der Waals surface area contributed by atoms with Crippen molar-refractivity contribution >= 4 is 11.9 Å². The molecule has 2 atom stereocenters. The Bertz CT molecular complexity index is 230. The summed E-state index contributed by atoms with van der Waals surface area (Å²) in [5, 5.41) is 11.3. The Kier molecular flexibility index (Phi) is 7.54. The molecule has 0 saturated heterocycles. The molecule has 0 aliphatic carbocycles. The first kappa shape index (κ1) is 14.9. The molecule has 0 aliphatic heterocycles. The van der Waals surface area contributed by atoms with Crippen LogP contribution in [0.2, 0.25) is 0 Å². The number of hydrogen-bond donors (Lipinski definition) is 2. The topological polar surface area (TPSA) is 75.6 Å². The van der Waals surface area contributed by atoms with E-state index in [0.717, 1.165) is 19.3 Å². The first-order valence-electron chi connectivity index (χ1n) is 5.56. The number of carboxylic acid groups (broad SMARTS) is 1. The zero-order valence-electron chi connectivity index (χ0n) is 10.2. The summed E-state index contributed by atoms with van der Waals surface area (Å²) in [6.07, 6.45) is 1.91. The lowest BCUT2D eigenvalue weighted by Crippen LogP contribution is -2.39. The third kappa shape index (κ3) is 5.70. The van der Waals surface area contributed by atoms with Gasteiger partial charge in [0.25, 0.3) is 0 Å². The Morgan fingerprint density at radius 2 is 2.06 bits per heavy atom. The number of methoxy groups -OCH3 is 1. The van der Waals surface area contributed by atoms with Crippen molar-refractivity contribution in [1.82, 2.24) is 5.32 Å². The number of aliphatic carboxylic acids is 1. The minimum absolute atomic E-state index is 0.0150. The van der Waals surface area contributed by atoms with Crippen LogP contribution in [-0.2, 0) is 14.3 Å². The third-order valence-corrected chi connectivity index (χ3v) is 2.46. The normalized spacial score (nSPS) is 14.2. The summed E-state index contributed by atoms with van der Waals surface area (Å²) in [6, 6.07) is 0. The summed E-state index contributed by atoms with van der Waals surface area (Å²) in [7, 11) is 1.31. The second kappa shape index (κ2) is 8.10. The summed E-state index contributed by atoms with van der Waals surface area (Å²) >= 11 is 0. The van der Waals surface area contributed by atoms with Crippen LogP contribution < -0.4 is 5.32 Å². The van der Waals surface area contributed by atoms with Gasteiger partial charge in [0.15, 0.2) is 6.10 Å². The Balaban J connectivity index is 3.91. The van der Waals surface area contributed by atoms with Gasteiger partial charge in [0, 0.05) is 13.0 Å². The maximum Gasteiger partial charge on any atom is 0.334 e. The maximum atomic E-state index is 11.5. The first-order valence-corrected chi connectivity index (χ1v) is 5.56. The fraction of sp³-hybridized carbons (Fsp3) is 0.818. The van der Waals surface area contributed by atoms with Crippen LogP contribution in [-0.4, -0.2) is 36.7 Å². The summed E-state index contributed by atoms with van der Waals surface area (Å²) in [4.78, 5) is 22.1. The Morgan fingerprint density at radius 1 is 1.44 bits per heavy atom. The van der Waals surface area contributed by atoms with Crippen molar-refractivity contribution in [2.75, 3.05) is 13.7 Å². The second-order valence-electron chi connectivity index (χ2n) is 3.85. The number of carbonyl (C=O) groups is 2. The van der Waals surface area contributed by atoms with Crippen molar-refractivity contribution in [1.29, 1.82) is 0 Å². The van der Waals surface area contributed by atoms with Crippen LogP contribution in [0.3, 0.4) is 0 Å². The van der Waals surface area contributed by atoms with E-state index < -0.39 is 12.1 Å². The Labute approximate surface area is 96.2 Å². The molecule has 2 N–H and O–H groups in total. The number of carbonyl (C=O) groups excluding carboxylic acids is 1. The van der Waals surface area contributed by atoms with Crippen LogP contribution in [0.1, 0.15) is 33.1 Å². The van der Waals surface area contributed by atoms with Gasteiger partial charge >= 0.3 is 5.97 Å². The highest BCUT2D eigenvalue weighted by Gasteiger charge is 2.19. The van der Waals surface area contributed by atoms with Gasteiger partial charge in [0.2, 0.25) is 5.91 Å². The molecule has 5 nitrogen and oxygen atoms in total. The van der Waals surface area contributed by atoms with E-state index in [2.05, 4.69) is 12.2 Å². The van der Waals surface area contributed by atoms with Crippen molar-refractivity contribution in [3.8, 4) is 0 Å². The number of rotatable bonds is 8. The van der Waals surface area contributed by atoms with E-state index in [1.165, 1.54) is 7.11 Å². The molecule has 0 saturated carbocycles. The van der Waals surface area contributed by atoms with Gasteiger partial charge in [-0.2, -0.15) is 0 Å². The molecule has 0 heterocycles. The summed E-state index contributed by atoms with van der Waals surface area (Å²) in [6.45, 7) is 3.92. The SMILES string of the molecule is CCCCC(C)C(=O)NCC(OC)C(=O)O. The zero-order valence-corrected chi connectivity index (χ0v) is 10.2. The van der Waals surface area contributed by atoms with Gasteiger partial charge in [0.05, 0.1) is 6.54 Å². The van der Waals surface area contributed by atoms with Crippen molar-refractivity contribution in [3.05, 3.63) is 0 Å². The number of carboxylic acids is 1. The van der Waals surface area contributed by atoms with Crippen molar-refractivity contribution in [3.63, 3.8) is 0 Å². The van der Waals surface area contributed by atoms with Gasteiger partial charge in [0.1, 0.15) is 0 Å². The van der Waals surface area contributed by atoms with E-state index in [1.54, 1.807) is 0 Å². The van der Waals surface area contributed by atoms with Gasteiger partial charge in [-0.15, -0.1) is 0 Å². The van der Waals surface area contributed by atoms with Crippen molar-refractivity contribution in [2.45, 2.75) is 39.2 Å². The Morgan fingerprint density at radius 3 is 2.50 bits per heavy atom. The van der Waals surface area contributed by atoms with Crippen molar-refractivity contribution in [2.24, 2.45) is 5.92 Å². The lowest BCUT2D eigenvalue weighted by molar-refractivity contribution is -0.148. The molecule has 2 unspecified atom stereocenters. The molecule has 0 bridgehead atoms. The van der Waals surface area contributed by atoms with Gasteiger partial charge in [-0.3, -0.25) is 4.79 Å². The molecule has 0 aromatic rings. The maximum absolute atomic E-state index is 11.5. The number of unbranched alkanes of at least 4 members (excludes halogenated alkanes) is 1. The van der Waals surface area contributed by atoms with Gasteiger partial charge < -0.3 is 15.2 Å². The minimum Gasteiger partial charge on any atom is -0.479 e. The third-order valence-electron chi connectivity index (χ3n) is 2.46. The first-order chi connectivity index (χ1) is 7.52. The van der Waals surface area contributed by atoms with E-state index >= 15 is 0 Å². The van der Waals surface area contributed by atoms with Crippen LogP contribution in [0.4, 0.5) is 0 Å². The highest BCUT2D eigenvalue weighted by Crippen LogP contribution is 2.07. The molecule has 0 radical (unpaired) electrons. The highest BCUT2D eigenvalue weighted by atomic mass is 16.5. The average Bonchev–Trinajstić information content (AvgIpc) is 2.25. The number of amides is 1. The van der Waals surface area contributed by atoms with Crippen molar-refractivity contribution < 1.29 is 19.4 Å². The number of ether oxygens (including phenoxy) is 1. The average molecular weight is 231 g/mol. The quantitative estimate of drug-likeness (QED) is 0.654. The standard InChI is InChI=1S/C11H21NO4/c1-4-5-6-8(2)10(13)12-7-9(16-3)11(14)15/h8-9H,4-7H2,1-3H3,(H,12,13)(H,14,15). The van der Waals surface area contributed by atoms with E-state index in [0.29, 0.717) is 0 Å². The Hall–Kier alpha value is -1.10. The van der Waals surface area contributed by atoms with Crippen LogP contribution >= 0.6 is 0 Å². The fourth-order valence-electron chi connectivity index (χ4n) is 1.28. The second-order valence-corrected chi connectivity index (χ2v) is 3.85. The number of hydrogen-bond acceptors (Lipinski definition) is 3. The van der Waals surface area contributed by atoms with Crippen LogP contribution in [0.15, 0.2) is 0 Å². The molecule has 5 heteroatoms. The molecule has 0 aromatic heterocycles. The van der Waals surface area contributed by atoms with Gasteiger partial charge in [-0.1, -0.05) is 26.7 Å².